The van der Waals surface area contributed by atoms with Crippen LogP contribution in [-0.2, 0) is 14.3 Å². The van der Waals surface area contributed by atoms with Crippen LogP contribution in [0.5, 0.6) is 0 Å². The topological polar surface area (TPSA) is 58.6 Å². The molecular formula is C12H24N2O3. The summed E-state index contributed by atoms with van der Waals surface area (Å²) < 4.78 is 4.55. The quantitative estimate of drug-likeness (QED) is 0.641. The first-order chi connectivity index (χ1) is 7.95. The van der Waals surface area contributed by atoms with E-state index in [1.165, 1.54) is 7.11 Å². The third kappa shape index (κ3) is 9.81. The van der Waals surface area contributed by atoms with Crippen LogP contribution in [0.25, 0.3) is 0 Å². The van der Waals surface area contributed by atoms with Crippen LogP contribution < -0.4 is 5.32 Å². The van der Waals surface area contributed by atoms with Gasteiger partial charge >= 0.3 is 5.97 Å². The van der Waals surface area contributed by atoms with Crippen molar-refractivity contribution in [1.29, 1.82) is 0 Å². The monoisotopic (exact) mass is 244 g/mol. The minimum atomic E-state index is -0.184. The van der Waals surface area contributed by atoms with Gasteiger partial charge in [-0.25, -0.2) is 0 Å². The van der Waals surface area contributed by atoms with Gasteiger partial charge in [-0.3, -0.25) is 9.59 Å². The summed E-state index contributed by atoms with van der Waals surface area (Å²) in [6, 6.07) is 0.187. The third-order valence-electron chi connectivity index (χ3n) is 2.32. The number of hydrogen-bond acceptors (Lipinski definition) is 4. The summed E-state index contributed by atoms with van der Waals surface area (Å²) in [7, 11) is 3.34. The summed E-state index contributed by atoms with van der Waals surface area (Å²) in [6.07, 6.45) is 1.68. The average Bonchev–Trinajstić information content (AvgIpc) is 2.25. The Morgan fingerprint density at radius 1 is 1.24 bits per heavy atom. The molecule has 0 aliphatic heterocycles. The summed E-state index contributed by atoms with van der Waals surface area (Å²) in [6.45, 7) is 5.39. The van der Waals surface area contributed by atoms with E-state index in [1.807, 2.05) is 25.8 Å². The Labute approximate surface area is 103 Å². The molecule has 0 aromatic heterocycles. The van der Waals surface area contributed by atoms with Gasteiger partial charge in [0.15, 0.2) is 0 Å². The molecule has 17 heavy (non-hydrogen) atoms. The standard InChI is InChI=1S/C12H24N2O3/c1-10(2)13-11(15)7-9-14(3)8-5-6-12(16)17-4/h10H,5-9H2,1-4H3,(H,13,15). The summed E-state index contributed by atoms with van der Waals surface area (Å²) in [4.78, 5) is 24.3. The Bertz CT molecular complexity index is 242. The van der Waals surface area contributed by atoms with E-state index in [0.717, 1.165) is 13.0 Å². The van der Waals surface area contributed by atoms with E-state index in [-0.39, 0.29) is 17.9 Å². The molecule has 1 amide bonds. The second-order valence-electron chi connectivity index (χ2n) is 4.46. The number of nitrogens with zero attached hydrogens (tertiary/aromatic N) is 1. The lowest BCUT2D eigenvalue weighted by Gasteiger charge is -2.16. The highest BCUT2D eigenvalue weighted by Gasteiger charge is 2.06. The number of amides is 1. The first-order valence-electron chi connectivity index (χ1n) is 6.00. The smallest absolute Gasteiger partial charge is 0.305 e. The molecular weight excluding hydrogens is 220 g/mol. The predicted molar refractivity (Wildman–Crippen MR) is 66.6 cm³/mol. The second-order valence-corrected chi connectivity index (χ2v) is 4.46. The van der Waals surface area contributed by atoms with Gasteiger partial charge in [0.05, 0.1) is 7.11 Å². The van der Waals surface area contributed by atoms with E-state index in [4.69, 9.17) is 0 Å². The van der Waals surface area contributed by atoms with E-state index in [2.05, 4.69) is 10.1 Å². The summed E-state index contributed by atoms with van der Waals surface area (Å²) in [5, 5.41) is 2.84. The van der Waals surface area contributed by atoms with Crippen molar-refractivity contribution >= 4 is 11.9 Å². The summed E-state index contributed by atoms with van der Waals surface area (Å²) in [5.74, 6) is -0.115. The van der Waals surface area contributed by atoms with E-state index in [1.54, 1.807) is 0 Å². The van der Waals surface area contributed by atoms with Crippen molar-refractivity contribution < 1.29 is 14.3 Å². The zero-order valence-electron chi connectivity index (χ0n) is 11.3. The first-order valence-corrected chi connectivity index (χ1v) is 6.00. The maximum atomic E-state index is 11.4. The molecule has 100 valence electrons. The zero-order chi connectivity index (χ0) is 13.3. The van der Waals surface area contributed by atoms with Crippen molar-refractivity contribution in [3.63, 3.8) is 0 Å². The number of ether oxygens (including phenoxy) is 1. The van der Waals surface area contributed by atoms with Crippen molar-refractivity contribution in [2.45, 2.75) is 39.2 Å². The van der Waals surface area contributed by atoms with Gasteiger partial charge in [-0.05, 0) is 33.9 Å². The first kappa shape index (κ1) is 15.9. The molecule has 0 heterocycles. The number of methoxy groups -OCH3 is 1. The molecule has 5 heteroatoms. The van der Waals surface area contributed by atoms with Gasteiger partial charge < -0.3 is 15.0 Å². The lowest BCUT2D eigenvalue weighted by Crippen LogP contribution is -2.33. The van der Waals surface area contributed by atoms with Crippen molar-refractivity contribution in [2.24, 2.45) is 0 Å². The number of esters is 1. The van der Waals surface area contributed by atoms with Crippen LogP contribution in [0.4, 0.5) is 0 Å². The highest BCUT2D eigenvalue weighted by atomic mass is 16.5. The van der Waals surface area contributed by atoms with Gasteiger partial charge in [-0.2, -0.15) is 0 Å². The van der Waals surface area contributed by atoms with Gasteiger partial charge in [0.2, 0.25) is 5.91 Å². The Kier molecular flexibility index (Phi) is 8.40. The van der Waals surface area contributed by atoms with Crippen molar-refractivity contribution in [3.8, 4) is 0 Å². The molecule has 0 aromatic rings. The number of carbonyl (C=O) groups excluding carboxylic acids is 2. The third-order valence-corrected chi connectivity index (χ3v) is 2.32. The van der Waals surface area contributed by atoms with Crippen LogP contribution in [0.3, 0.4) is 0 Å². The highest BCUT2D eigenvalue weighted by molar-refractivity contribution is 5.76. The Morgan fingerprint density at radius 2 is 1.88 bits per heavy atom. The van der Waals surface area contributed by atoms with E-state index < -0.39 is 0 Å². The molecule has 0 atom stereocenters. The van der Waals surface area contributed by atoms with E-state index >= 15 is 0 Å². The lowest BCUT2D eigenvalue weighted by molar-refractivity contribution is -0.140. The highest BCUT2D eigenvalue weighted by Crippen LogP contribution is 1.96. The van der Waals surface area contributed by atoms with Gasteiger partial charge in [-0.1, -0.05) is 0 Å². The molecule has 0 bridgehead atoms. The molecule has 1 N–H and O–H groups in total. The maximum Gasteiger partial charge on any atom is 0.305 e. The van der Waals surface area contributed by atoms with E-state index in [9.17, 15) is 9.59 Å². The van der Waals surface area contributed by atoms with Crippen LogP contribution in [-0.4, -0.2) is 50.1 Å². The maximum absolute atomic E-state index is 11.4. The Morgan fingerprint density at radius 3 is 2.41 bits per heavy atom. The molecule has 5 nitrogen and oxygen atoms in total. The molecule has 0 rings (SSSR count). The van der Waals surface area contributed by atoms with Crippen molar-refractivity contribution in [2.75, 3.05) is 27.2 Å². The van der Waals surface area contributed by atoms with Crippen molar-refractivity contribution in [1.82, 2.24) is 10.2 Å². The minimum Gasteiger partial charge on any atom is -0.469 e. The minimum absolute atomic E-state index is 0.0693. The average molecular weight is 244 g/mol. The number of nitrogens with one attached hydrogen (secondary N) is 1. The fourth-order valence-electron chi connectivity index (χ4n) is 1.39. The van der Waals surface area contributed by atoms with Gasteiger partial charge in [-0.15, -0.1) is 0 Å². The summed E-state index contributed by atoms with van der Waals surface area (Å²) >= 11 is 0. The molecule has 0 saturated carbocycles. The lowest BCUT2D eigenvalue weighted by atomic mass is 10.3. The van der Waals surface area contributed by atoms with Gasteiger partial charge in [0, 0.05) is 25.4 Å². The number of rotatable bonds is 8. The largest absolute Gasteiger partial charge is 0.469 e. The predicted octanol–water partition coefficient (Wildman–Crippen LogP) is 0.786. The molecule has 0 spiro atoms. The molecule has 0 saturated heterocycles. The fraction of sp³-hybridized carbons (Fsp3) is 0.833. The van der Waals surface area contributed by atoms with Crippen LogP contribution in [0.15, 0.2) is 0 Å². The Balaban J connectivity index is 3.55. The number of carbonyl (C=O) groups is 2. The van der Waals surface area contributed by atoms with Crippen molar-refractivity contribution in [3.05, 3.63) is 0 Å². The molecule has 0 aliphatic rings. The molecule has 0 aromatic carbocycles. The molecule has 0 fully saturated rings. The molecule has 0 aliphatic carbocycles. The fourth-order valence-corrected chi connectivity index (χ4v) is 1.39. The normalized spacial score (nSPS) is 10.7. The van der Waals surface area contributed by atoms with Crippen LogP contribution in [0.2, 0.25) is 0 Å². The second kappa shape index (κ2) is 8.98. The Hall–Kier alpha value is -1.10. The van der Waals surface area contributed by atoms with E-state index in [0.29, 0.717) is 19.4 Å². The van der Waals surface area contributed by atoms with Gasteiger partial charge in [0.1, 0.15) is 0 Å². The SMILES string of the molecule is COC(=O)CCCN(C)CCC(=O)NC(C)C. The molecule has 0 unspecified atom stereocenters. The number of hydrogen-bond donors (Lipinski definition) is 1. The van der Waals surface area contributed by atoms with Crippen LogP contribution in [0.1, 0.15) is 33.1 Å². The summed E-state index contributed by atoms with van der Waals surface area (Å²) in [5.41, 5.74) is 0. The zero-order valence-corrected chi connectivity index (χ0v) is 11.3. The van der Waals surface area contributed by atoms with Gasteiger partial charge in [0.25, 0.3) is 0 Å². The molecule has 0 radical (unpaired) electrons. The van der Waals surface area contributed by atoms with Crippen LogP contribution >= 0.6 is 0 Å². The van der Waals surface area contributed by atoms with Crippen LogP contribution in [0, 0.1) is 0 Å².